The molecule has 0 unspecified atom stereocenters. The number of nitrogens with one attached hydrogen (secondary N) is 2. The minimum absolute atomic E-state index is 0.301. The van der Waals surface area contributed by atoms with Crippen molar-refractivity contribution in [1.82, 2.24) is 20.2 Å². The molecule has 3 aromatic rings. The number of fused-ring (bicyclic) bond motifs is 1. The molecule has 8 heteroatoms. The van der Waals surface area contributed by atoms with E-state index < -0.39 is 5.76 Å². The van der Waals surface area contributed by atoms with Crippen molar-refractivity contribution in [2.75, 3.05) is 13.7 Å². The molecule has 0 fully saturated rings. The number of carbonyl (C=O) groups excluding carboxylic acids is 1. The lowest BCUT2D eigenvalue weighted by molar-refractivity contribution is 0.240. The first-order chi connectivity index (χ1) is 12.2. The second-order valence-corrected chi connectivity index (χ2v) is 5.30. The molecule has 0 saturated heterocycles. The van der Waals surface area contributed by atoms with Crippen LogP contribution in [0.5, 0.6) is 5.88 Å². The topological polar surface area (TPSA) is 98.4 Å². The summed E-state index contributed by atoms with van der Waals surface area (Å²) in [7, 11) is 1.54. The molecule has 0 aliphatic carbocycles. The third-order valence-corrected chi connectivity index (χ3v) is 3.66. The average Bonchev–Trinajstić information content (AvgIpc) is 2.96. The fraction of sp³-hybridized carbons (Fsp3) is 0.235. The van der Waals surface area contributed by atoms with E-state index in [1.54, 1.807) is 36.5 Å². The Morgan fingerprint density at radius 2 is 2.12 bits per heavy atom. The number of aromatic nitrogens is 2. The van der Waals surface area contributed by atoms with Crippen molar-refractivity contribution in [2.24, 2.45) is 0 Å². The molecule has 0 aliphatic rings. The second-order valence-electron chi connectivity index (χ2n) is 5.30. The number of amides is 2. The Morgan fingerprint density at radius 3 is 2.96 bits per heavy atom. The predicted molar refractivity (Wildman–Crippen MR) is 91.5 cm³/mol. The molecule has 0 aliphatic heterocycles. The molecule has 2 amide bonds. The number of ether oxygens (including phenoxy) is 1. The van der Waals surface area contributed by atoms with Crippen LogP contribution in [-0.4, -0.2) is 29.2 Å². The molecule has 3 rings (SSSR count). The molecule has 8 nitrogen and oxygen atoms in total. The molecule has 0 spiro atoms. The first kappa shape index (κ1) is 16.6. The molecule has 2 N–H and O–H groups in total. The molecule has 2 heterocycles. The second kappa shape index (κ2) is 7.52. The van der Waals surface area contributed by atoms with Crippen LogP contribution in [0.3, 0.4) is 0 Å². The summed E-state index contributed by atoms with van der Waals surface area (Å²) in [5.41, 5.74) is 2.11. The molecule has 25 heavy (non-hydrogen) atoms. The van der Waals surface area contributed by atoms with E-state index in [9.17, 15) is 9.59 Å². The lowest BCUT2D eigenvalue weighted by Crippen LogP contribution is -2.37. The van der Waals surface area contributed by atoms with Gasteiger partial charge >= 0.3 is 11.8 Å². The van der Waals surface area contributed by atoms with Crippen LogP contribution >= 0.6 is 0 Å². The summed E-state index contributed by atoms with van der Waals surface area (Å²) in [5, 5.41) is 5.45. The highest BCUT2D eigenvalue weighted by atomic mass is 16.5. The average molecular weight is 342 g/mol. The van der Waals surface area contributed by atoms with Gasteiger partial charge in [0.05, 0.1) is 12.6 Å². The summed E-state index contributed by atoms with van der Waals surface area (Å²) in [5.74, 6) is 0.0539. The van der Waals surface area contributed by atoms with Gasteiger partial charge in [-0.1, -0.05) is 12.1 Å². The Bertz CT molecular complexity index is 932. The van der Waals surface area contributed by atoms with Crippen LogP contribution in [0.1, 0.15) is 5.56 Å². The number of benzene rings is 1. The van der Waals surface area contributed by atoms with Gasteiger partial charge in [0.1, 0.15) is 0 Å². The molecule has 0 radical (unpaired) electrons. The largest absolute Gasteiger partial charge is 0.481 e. The molecule has 130 valence electrons. The van der Waals surface area contributed by atoms with E-state index in [0.29, 0.717) is 36.6 Å². The van der Waals surface area contributed by atoms with E-state index in [2.05, 4.69) is 15.6 Å². The quantitative estimate of drug-likeness (QED) is 0.707. The summed E-state index contributed by atoms with van der Waals surface area (Å²) in [6, 6.07) is 10.4. The number of urea groups is 1. The first-order valence-electron chi connectivity index (χ1n) is 7.76. The molecular formula is C17H18N4O4. The maximum Gasteiger partial charge on any atom is 0.420 e. The number of oxazole rings is 1. The van der Waals surface area contributed by atoms with Crippen LogP contribution in [0.15, 0.2) is 51.8 Å². The van der Waals surface area contributed by atoms with Gasteiger partial charge in [-0.25, -0.2) is 14.6 Å². The number of nitrogens with zero attached hydrogens (tertiary/aromatic N) is 2. The van der Waals surface area contributed by atoms with Crippen molar-refractivity contribution >= 4 is 17.1 Å². The number of carbonyl (C=O) groups is 1. The maximum absolute atomic E-state index is 11.9. The lowest BCUT2D eigenvalue weighted by Gasteiger charge is -2.08. The third kappa shape index (κ3) is 3.97. The van der Waals surface area contributed by atoms with Crippen molar-refractivity contribution in [3.8, 4) is 5.88 Å². The van der Waals surface area contributed by atoms with Crippen LogP contribution in [0.4, 0.5) is 4.79 Å². The molecule has 1 aromatic carbocycles. The minimum Gasteiger partial charge on any atom is -0.481 e. The smallest absolute Gasteiger partial charge is 0.420 e. The molecule has 0 atom stereocenters. The number of rotatable bonds is 6. The molecule has 2 aromatic heterocycles. The van der Waals surface area contributed by atoms with Crippen molar-refractivity contribution in [2.45, 2.75) is 13.1 Å². The molecular weight excluding hydrogens is 324 g/mol. The Kier molecular flexibility index (Phi) is 4.98. The number of para-hydroxylation sites is 2. The van der Waals surface area contributed by atoms with Gasteiger partial charge in [0.15, 0.2) is 5.58 Å². The lowest BCUT2D eigenvalue weighted by atomic mass is 10.2. The van der Waals surface area contributed by atoms with Crippen LogP contribution < -0.4 is 21.1 Å². The Balaban J connectivity index is 1.50. The van der Waals surface area contributed by atoms with Gasteiger partial charge in [0, 0.05) is 31.9 Å². The van der Waals surface area contributed by atoms with Crippen molar-refractivity contribution < 1.29 is 13.9 Å². The summed E-state index contributed by atoms with van der Waals surface area (Å²) in [6.45, 7) is 0.973. The van der Waals surface area contributed by atoms with Gasteiger partial charge in [0.25, 0.3) is 0 Å². The van der Waals surface area contributed by atoms with E-state index in [1.807, 2.05) is 6.07 Å². The SMILES string of the molecule is COc1cc(CNC(=O)NCCn2c(=O)oc3ccccc32)ccn1. The van der Waals surface area contributed by atoms with Crippen molar-refractivity contribution in [3.05, 3.63) is 58.7 Å². The summed E-state index contributed by atoms with van der Waals surface area (Å²) in [4.78, 5) is 27.7. The van der Waals surface area contributed by atoms with Crippen molar-refractivity contribution in [3.63, 3.8) is 0 Å². The van der Waals surface area contributed by atoms with E-state index >= 15 is 0 Å². The van der Waals surface area contributed by atoms with Gasteiger partial charge in [-0.2, -0.15) is 0 Å². The van der Waals surface area contributed by atoms with Crippen molar-refractivity contribution in [1.29, 1.82) is 0 Å². The van der Waals surface area contributed by atoms with Gasteiger partial charge in [-0.05, 0) is 23.8 Å². The summed E-state index contributed by atoms with van der Waals surface area (Å²) >= 11 is 0. The highest BCUT2D eigenvalue weighted by molar-refractivity contribution is 5.74. The molecule has 0 bridgehead atoms. The van der Waals surface area contributed by atoms with Crippen LogP contribution in [-0.2, 0) is 13.1 Å². The number of methoxy groups -OCH3 is 1. The third-order valence-electron chi connectivity index (χ3n) is 3.66. The zero-order valence-corrected chi connectivity index (χ0v) is 13.7. The normalized spacial score (nSPS) is 10.6. The monoisotopic (exact) mass is 342 g/mol. The van der Waals surface area contributed by atoms with E-state index in [1.165, 1.54) is 11.7 Å². The van der Waals surface area contributed by atoms with Gasteiger partial charge in [0.2, 0.25) is 5.88 Å². The molecule has 0 saturated carbocycles. The van der Waals surface area contributed by atoms with Gasteiger partial charge < -0.3 is 19.8 Å². The highest BCUT2D eigenvalue weighted by Crippen LogP contribution is 2.11. The van der Waals surface area contributed by atoms with Crippen LogP contribution in [0, 0.1) is 0 Å². The number of pyridine rings is 1. The van der Waals surface area contributed by atoms with E-state index in [4.69, 9.17) is 9.15 Å². The maximum atomic E-state index is 11.9. The standard InChI is InChI=1S/C17H18N4O4/c1-24-15-10-12(6-7-18-15)11-20-16(22)19-8-9-21-13-4-2-3-5-14(13)25-17(21)23/h2-7,10H,8-9,11H2,1H3,(H2,19,20,22). The van der Waals surface area contributed by atoms with E-state index in [0.717, 1.165) is 5.56 Å². The Morgan fingerprint density at radius 1 is 1.28 bits per heavy atom. The zero-order chi connectivity index (χ0) is 17.6. The summed E-state index contributed by atoms with van der Waals surface area (Å²) < 4.78 is 11.7. The Labute approximate surface area is 143 Å². The number of hydrogen-bond acceptors (Lipinski definition) is 5. The summed E-state index contributed by atoms with van der Waals surface area (Å²) in [6.07, 6.45) is 1.62. The highest BCUT2D eigenvalue weighted by Gasteiger charge is 2.08. The number of hydrogen-bond donors (Lipinski definition) is 2. The fourth-order valence-electron chi connectivity index (χ4n) is 2.42. The van der Waals surface area contributed by atoms with E-state index in [-0.39, 0.29) is 6.03 Å². The van der Waals surface area contributed by atoms with Crippen LogP contribution in [0.25, 0.3) is 11.1 Å². The minimum atomic E-state index is -0.438. The van der Waals surface area contributed by atoms with Gasteiger partial charge in [-0.15, -0.1) is 0 Å². The zero-order valence-electron chi connectivity index (χ0n) is 13.7. The van der Waals surface area contributed by atoms with Crippen LogP contribution in [0.2, 0.25) is 0 Å². The van der Waals surface area contributed by atoms with Gasteiger partial charge in [-0.3, -0.25) is 4.57 Å². The first-order valence-corrected chi connectivity index (χ1v) is 7.76. The Hall–Kier alpha value is -3.29. The predicted octanol–water partition coefficient (Wildman–Crippen LogP) is 1.50. The fourth-order valence-corrected chi connectivity index (χ4v) is 2.42.